The molecule has 0 amide bonds. The third kappa shape index (κ3) is 2.65. The SMILES string of the molecule is O[C@@H]1COC[C@H]1Oc1nc(N2CCCCC2)nc2c1CCC2. The van der Waals surface area contributed by atoms with Crippen LogP contribution in [0.1, 0.15) is 36.9 Å². The van der Waals surface area contributed by atoms with Gasteiger partial charge in [-0.25, -0.2) is 4.98 Å². The highest BCUT2D eigenvalue weighted by atomic mass is 16.6. The number of aliphatic hydroxyl groups excluding tert-OH is 1. The molecule has 0 saturated carbocycles. The molecular formula is C16H23N3O3. The number of hydrogen-bond acceptors (Lipinski definition) is 6. The van der Waals surface area contributed by atoms with Gasteiger partial charge >= 0.3 is 0 Å². The highest BCUT2D eigenvalue weighted by molar-refractivity contribution is 5.43. The first-order chi connectivity index (χ1) is 10.8. The first kappa shape index (κ1) is 14.2. The molecule has 3 heterocycles. The highest BCUT2D eigenvalue weighted by Crippen LogP contribution is 2.32. The highest BCUT2D eigenvalue weighted by Gasteiger charge is 2.31. The Bertz CT molecular complexity index is 546. The molecular weight excluding hydrogens is 282 g/mol. The van der Waals surface area contributed by atoms with Crippen molar-refractivity contribution in [3.05, 3.63) is 11.3 Å². The largest absolute Gasteiger partial charge is 0.469 e. The fourth-order valence-corrected chi connectivity index (χ4v) is 3.50. The molecule has 0 spiro atoms. The lowest BCUT2D eigenvalue weighted by atomic mass is 10.1. The number of piperidine rings is 1. The summed E-state index contributed by atoms with van der Waals surface area (Å²) in [5.41, 5.74) is 2.25. The van der Waals surface area contributed by atoms with Gasteiger partial charge in [-0.2, -0.15) is 4.98 Å². The van der Waals surface area contributed by atoms with Crippen molar-refractivity contribution >= 4 is 5.95 Å². The zero-order chi connectivity index (χ0) is 14.9. The van der Waals surface area contributed by atoms with Crippen LogP contribution in [-0.4, -0.2) is 53.6 Å². The van der Waals surface area contributed by atoms with Gasteiger partial charge in [0.1, 0.15) is 6.10 Å². The average Bonchev–Trinajstić information content (AvgIpc) is 3.17. The molecule has 1 aromatic heterocycles. The molecule has 120 valence electrons. The monoisotopic (exact) mass is 305 g/mol. The van der Waals surface area contributed by atoms with Crippen LogP contribution in [0.25, 0.3) is 0 Å². The van der Waals surface area contributed by atoms with Gasteiger partial charge in [0.2, 0.25) is 11.8 Å². The summed E-state index contributed by atoms with van der Waals surface area (Å²) < 4.78 is 11.3. The Labute approximate surface area is 130 Å². The molecule has 1 N–H and O–H groups in total. The molecule has 2 aliphatic heterocycles. The maximum atomic E-state index is 9.91. The second-order valence-electron chi connectivity index (χ2n) is 6.42. The van der Waals surface area contributed by atoms with Crippen LogP contribution in [0.15, 0.2) is 0 Å². The van der Waals surface area contributed by atoms with E-state index in [1.54, 1.807) is 0 Å². The molecule has 2 fully saturated rings. The van der Waals surface area contributed by atoms with Crippen LogP contribution < -0.4 is 9.64 Å². The molecule has 0 unspecified atom stereocenters. The molecule has 2 atom stereocenters. The van der Waals surface area contributed by atoms with Crippen LogP contribution in [0.5, 0.6) is 5.88 Å². The first-order valence-corrected chi connectivity index (χ1v) is 8.38. The summed E-state index contributed by atoms with van der Waals surface area (Å²) in [6, 6.07) is 0. The topological polar surface area (TPSA) is 67.7 Å². The van der Waals surface area contributed by atoms with Crippen LogP contribution in [-0.2, 0) is 17.6 Å². The molecule has 1 aliphatic carbocycles. The van der Waals surface area contributed by atoms with Gasteiger partial charge in [-0.15, -0.1) is 0 Å². The predicted octanol–water partition coefficient (Wildman–Crippen LogP) is 1.09. The maximum Gasteiger partial charge on any atom is 0.228 e. The Kier molecular flexibility index (Phi) is 3.88. The minimum absolute atomic E-state index is 0.311. The van der Waals surface area contributed by atoms with Crippen molar-refractivity contribution in [2.75, 3.05) is 31.2 Å². The number of hydrogen-bond donors (Lipinski definition) is 1. The molecule has 2 saturated heterocycles. The van der Waals surface area contributed by atoms with Crippen LogP contribution in [0, 0.1) is 0 Å². The normalized spacial score (nSPS) is 28.0. The summed E-state index contributed by atoms with van der Waals surface area (Å²) in [6.07, 6.45) is 5.88. The molecule has 1 aromatic rings. The number of aliphatic hydroxyl groups is 1. The van der Waals surface area contributed by atoms with Crippen LogP contribution in [0.3, 0.4) is 0 Å². The fourth-order valence-electron chi connectivity index (χ4n) is 3.50. The quantitative estimate of drug-likeness (QED) is 0.902. The second kappa shape index (κ2) is 6.01. The lowest BCUT2D eigenvalue weighted by molar-refractivity contribution is 0.0697. The number of aromatic nitrogens is 2. The third-order valence-corrected chi connectivity index (χ3v) is 4.79. The summed E-state index contributed by atoms with van der Waals surface area (Å²) >= 11 is 0. The number of ether oxygens (including phenoxy) is 2. The molecule has 22 heavy (non-hydrogen) atoms. The number of nitrogens with zero attached hydrogens (tertiary/aromatic N) is 3. The van der Waals surface area contributed by atoms with E-state index >= 15 is 0 Å². The Morgan fingerprint density at radius 3 is 2.68 bits per heavy atom. The number of anilines is 1. The Hall–Kier alpha value is -1.40. The van der Waals surface area contributed by atoms with Crippen molar-refractivity contribution in [3.63, 3.8) is 0 Å². The van der Waals surface area contributed by atoms with E-state index < -0.39 is 6.10 Å². The smallest absolute Gasteiger partial charge is 0.228 e. The van der Waals surface area contributed by atoms with Crippen molar-refractivity contribution in [3.8, 4) is 5.88 Å². The zero-order valence-corrected chi connectivity index (χ0v) is 12.8. The summed E-state index contributed by atoms with van der Waals surface area (Å²) in [6.45, 7) is 2.82. The van der Waals surface area contributed by atoms with Gasteiger partial charge in [-0.3, -0.25) is 0 Å². The van der Waals surface area contributed by atoms with E-state index in [-0.39, 0.29) is 6.10 Å². The van der Waals surface area contributed by atoms with Crippen molar-refractivity contribution < 1.29 is 14.6 Å². The van der Waals surface area contributed by atoms with Gasteiger partial charge < -0.3 is 19.5 Å². The van der Waals surface area contributed by atoms with E-state index in [9.17, 15) is 5.11 Å². The molecule has 0 aromatic carbocycles. The van der Waals surface area contributed by atoms with Crippen LogP contribution in [0.2, 0.25) is 0 Å². The van der Waals surface area contributed by atoms with Crippen molar-refractivity contribution in [2.24, 2.45) is 0 Å². The Morgan fingerprint density at radius 2 is 1.91 bits per heavy atom. The Balaban J connectivity index is 1.62. The van der Waals surface area contributed by atoms with Gasteiger partial charge in [0.25, 0.3) is 0 Å². The van der Waals surface area contributed by atoms with Crippen LogP contribution >= 0.6 is 0 Å². The number of aryl methyl sites for hydroxylation is 1. The van der Waals surface area contributed by atoms with Gasteiger partial charge in [0, 0.05) is 18.7 Å². The summed E-state index contributed by atoms with van der Waals surface area (Å²) in [4.78, 5) is 11.7. The van der Waals surface area contributed by atoms with E-state index in [4.69, 9.17) is 19.4 Å². The second-order valence-corrected chi connectivity index (χ2v) is 6.42. The van der Waals surface area contributed by atoms with E-state index in [0.717, 1.165) is 49.6 Å². The average molecular weight is 305 g/mol. The minimum Gasteiger partial charge on any atom is -0.469 e. The number of rotatable bonds is 3. The first-order valence-electron chi connectivity index (χ1n) is 8.38. The van der Waals surface area contributed by atoms with E-state index in [1.165, 1.54) is 19.3 Å². The molecule has 6 heteroatoms. The van der Waals surface area contributed by atoms with Gasteiger partial charge in [-0.05, 0) is 38.5 Å². The third-order valence-electron chi connectivity index (χ3n) is 4.79. The molecule has 0 bridgehead atoms. The standard InChI is InChI=1S/C16H23N3O3/c20-13-9-21-10-14(13)22-15-11-5-4-6-12(11)17-16(18-15)19-7-2-1-3-8-19/h13-14,20H,1-10H2/t13-,14-/m1/s1. The molecule has 6 nitrogen and oxygen atoms in total. The fraction of sp³-hybridized carbons (Fsp3) is 0.750. The van der Waals surface area contributed by atoms with Crippen LogP contribution in [0.4, 0.5) is 5.95 Å². The summed E-state index contributed by atoms with van der Waals surface area (Å²) in [7, 11) is 0. The van der Waals surface area contributed by atoms with Crippen molar-refractivity contribution in [1.82, 2.24) is 9.97 Å². The molecule has 4 rings (SSSR count). The summed E-state index contributed by atoms with van der Waals surface area (Å²) in [5, 5.41) is 9.91. The Morgan fingerprint density at radius 1 is 1.05 bits per heavy atom. The van der Waals surface area contributed by atoms with E-state index in [0.29, 0.717) is 19.1 Å². The van der Waals surface area contributed by atoms with E-state index in [1.807, 2.05) is 0 Å². The van der Waals surface area contributed by atoms with Gasteiger partial charge in [0.15, 0.2) is 6.10 Å². The molecule has 3 aliphatic rings. The van der Waals surface area contributed by atoms with Crippen molar-refractivity contribution in [1.29, 1.82) is 0 Å². The lowest BCUT2D eigenvalue weighted by Crippen LogP contribution is -2.33. The minimum atomic E-state index is -0.564. The lowest BCUT2D eigenvalue weighted by Gasteiger charge is -2.27. The zero-order valence-electron chi connectivity index (χ0n) is 12.8. The van der Waals surface area contributed by atoms with E-state index in [2.05, 4.69) is 4.90 Å². The van der Waals surface area contributed by atoms with Gasteiger partial charge in [0.05, 0.1) is 18.9 Å². The number of fused-ring (bicyclic) bond motifs is 1. The summed E-state index contributed by atoms with van der Waals surface area (Å²) in [5.74, 6) is 1.46. The van der Waals surface area contributed by atoms with Crippen molar-refractivity contribution in [2.45, 2.75) is 50.7 Å². The van der Waals surface area contributed by atoms with Gasteiger partial charge in [-0.1, -0.05) is 0 Å². The maximum absolute atomic E-state index is 9.91. The molecule has 0 radical (unpaired) electrons. The predicted molar refractivity (Wildman–Crippen MR) is 81.4 cm³/mol.